The predicted molar refractivity (Wildman–Crippen MR) is 60.6 cm³/mol. The van der Waals surface area contributed by atoms with Crippen LogP contribution in [0.1, 0.15) is 24.0 Å². The molecule has 0 radical (unpaired) electrons. The molecule has 0 saturated heterocycles. The van der Waals surface area contributed by atoms with Crippen LogP contribution in [0.2, 0.25) is 0 Å². The fourth-order valence-electron chi connectivity index (χ4n) is 1.92. The number of aryl methyl sites for hydroxylation is 2. The first-order chi connectivity index (χ1) is 7.79. The van der Waals surface area contributed by atoms with Crippen molar-refractivity contribution in [2.24, 2.45) is 0 Å². The van der Waals surface area contributed by atoms with E-state index in [9.17, 15) is 4.79 Å². The number of carbonyl (C=O) groups excluding carboxylic acids is 1. The van der Waals surface area contributed by atoms with Crippen molar-refractivity contribution in [3.63, 3.8) is 0 Å². The van der Waals surface area contributed by atoms with Crippen LogP contribution in [0.4, 0.5) is 0 Å². The van der Waals surface area contributed by atoms with Crippen molar-refractivity contribution in [2.75, 3.05) is 13.7 Å². The molecule has 0 spiro atoms. The van der Waals surface area contributed by atoms with Crippen LogP contribution in [0.3, 0.4) is 0 Å². The number of fused-ring (bicyclic) bond motifs is 1. The van der Waals surface area contributed by atoms with E-state index in [4.69, 9.17) is 4.74 Å². The quantitative estimate of drug-likeness (QED) is 0.732. The molecule has 86 valence electrons. The van der Waals surface area contributed by atoms with Crippen molar-refractivity contribution in [1.29, 1.82) is 0 Å². The van der Waals surface area contributed by atoms with Gasteiger partial charge < -0.3 is 9.47 Å². The van der Waals surface area contributed by atoms with Gasteiger partial charge in [-0.05, 0) is 36.5 Å². The van der Waals surface area contributed by atoms with E-state index >= 15 is 0 Å². The first kappa shape index (κ1) is 11.0. The van der Waals surface area contributed by atoms with Gasteiger partial charge >= 0.3 is 5.97 Å². The molecule has 0 aliphatic carbocycles. The van der Waals surface area contributed by atoms with Crippen LogP contribution < -0.4 is 4.74 Å². The Bertz CT molecular complexity index is 385. The largest absolute Gasteiger partial charge is 0.493 e. The lowest BCUT2D eigenvalue weighted by atomic mass is 10.0. The highest BCUT2D eigenvalue weighted by atomic mass is 16.5. The Kier molecular flexibility index (Phi) is 3.44. The molecule has 0 saturated carbocycles. The molecule has 1 aromatic rings. The topological polar surface area (TPSA) is 35.5 Å². The monoisotopic (exact) mass is 220 g/mol. The minimum atomic E-state index is -0.158. The summed E-state index contributed by atoms with van der Waals surface area (Å²) in [5.74, 6) is 0.835. The Morgan fingerprint density at radius 3 is 3.19 bits per heavy atom. The van der Waals surface area contributed by atoms with Gasteiger partial charge in [0.1, 0.15) is 5.75 Å². The van der Waals surface area contributed by atoms with Crippen molar-refractivity contribution < 1.29 is 14.3 Å². The highest BCUT2D eigenvalue weighted by Crippen LogP contribution is 2.25. The molecule has 0 unspecified atom stereocenters. The maximum atomic E-state index is 11.0. The molecule has 0 bridgehead atoms. The fraction of sp³-hybridized carbons (Fsp3) is 0.462. The van der Waals surface area contributed by atoms with Gasteiger partial charge in [0.2, 0.25) is 0 Å². The standard InChI is InChI=1S/C13H16O3/c1-15-13(14)7-5-10-4-6-12-11(9-10)3-2-8-16-12/h4,6,9H,2-3,5,7-8H2,1H3. The first-order valence-corrected chi connectivity index (χ1v) is 5.61. The minimum Gasteiger partial charge on any atom is -0.493 e. The van der Waals surface area contributed by atoms with Crippen LogP contribution >= 0.6 is 0 Å². The SMILES string of the molecule is COC(=O)CCc1ccc2c(c1)CCCO2. The summed E-state index contributed by atoms with van der Waals surface area (Å²) in [7, 11) is 1.42. The molecule has 0 aromatic heterocycles. The summed E-state index contributed by atoms with van der Waals surface area (Å²) in [6, 6.07) is 6.16. The lowest BCUT2D eigenvalue weighted by Gasteiger charge is -2.17. The van der Waals surface area contributed by atoms with Gasteiger partial charge in [0.15, 0.2) is 0 Å². The Morgan fingerprint density at radius 2 is 2.38 bits per heavy atom. The molecule has 0 N–H and O–H groups in total. The summed E-state index contributed by atoms with van der Waals surface area (Å²) in [4.78, 5) is 11.0. The Hall–Kier alpha value is -1.51. The number of rotatable bonds is 3. The molecule has 2 rings (SSSR count). The van der Waals surface area contributed by atoms with E-state index < -0.39 is 0 Å². The van der Waals surface area contributed by atoms with Crippen LogP contribution in [0, 0.1) is 0 Å². The third-order valence-electron chi connectivity index (χ3n) is 2.82. The van der Waals surface area contributed by atoms with E-state index in [0.717, 1.165) is 31.6 Å². The Labute approximate surface area is 95.4 Å². The summed E-state index contributed by atoms with van der Waals surface area (Å²) in [6.45, 7) is 0.814. The molecule has 1 heterocycles. The van der Waals surface area contributed by atoms with E-state index in [1.807, 2.05) is 12.1 Å². The summed E-state index contributed by atoms with van der Waals surface area (Å²) in [5, 5.41) is 0. The number of methoxy groups -OCH3 is 1. The van der Waals surface area contributed by atoms with Crippen molar-refractivity contribution in [2.45, 2.75) is 25.7 Å². The van der Waals surface area contributed by atoms with Gasteiger partial charge in [-0.2, -0.15) is 0 Å². The van der Waals surface area contributed by atoms with Crippen LogP contribution in [0.25, 0.3) is 0 Å². The average Bonchev–Trinajstić information content (AvgIpc) is 2.35. The van der Waals surface area contributed by atoms with Gasteiger partial charge in [0, 0.05) is 6.42 Å². The fourth-order valence-corrected chi connectivity index (χ4v) is 1.92. The molecule has 1 aliphatic heterocycles. The number of hydrogen-bond donors (Lipinski definition) is 0. The number of carbonyl (C=O) groups is 1. The van der Waals surface area contributed by atoms with Crippen LogP contribution in [-0.2, 0) is 22.4 Å². The van der Waals surface area contributed by atoms with Gasteiger partial charge in [0.05, 0.1) is 13.7 Å². The third kappa shape index (κ3) is 2.54. The molecule has 16 heavy (non-hydrogen) atoms. The maximum Gasteiger partial charge on any atom is 0.305 e. The molecule has 3 nitrogen and oxygen atoms in total. The summed E-state index contributed by atoms with van der Waals surface area (Å²) in [5.41, 5.74) is 2.43. The van der Waals surface area contributed by atoms with Gasteiger partial charge in [-0.3, -0.25) is 4.79 Å². The summed E-state index contributed by atoms with van der Waals surface area (Å²) in [6.07, 6.45) is 3.32. The lowest BCUT2D eigenvalue weighted by Crippen LogP contribution is -2.09. The maximum absolute atomic E-state index is 11.0. The normalized spacial score (nSPS) is 13.8. The highest BCUT2D eigenvalue weighted by molar-refractivity contribution is 5.69. The molecule has 1 aromatic carbocycles. The number of benzene rings is 1. The zero-order chi connectivity index (χ0) is 11.4. The number of ether oxygens (including phenoxy) is 2. The van der Waals surface area contributed by atoms with Crippen molar-refractivity contribution in [3.8, 4) is 5.75 Å². The van der Waals surface area contributed by atoms with E-state index in [2.05, 4.69) is 10.8 Å². The number of hydrogen-bond acceptors (Lipinski definition) is 3. The molecular weight excluding hydrogens is 204 g/mol. The number of esters is 1. The van der Waals surface area contributed by atoms with Gasteiger partial charge in [-0.1, -0.05) is 12.1 Å². The van der Waals surface area contributed by atoms with E-state index in [1.165, 1.54) is 18.2 Å². The Morgan fingerprint density at radius 1 is 1.50 bits per heavy atom. The third-order valence-corrected chi connectivity index (χ3v) is 2.82. The van der Waals surface area contributed by atoms with Crippen molar-refractivity contribution in [1.82, 2.24) is 0 Å². The van der Waals surface area contributed by atoms with E-state index in [-0.39, 0.29) is 5.97 Å². The second kappa shape index (κ2) is 5.01. The predicted octanol–water partition coefficient (Wildman–Crippen LogP) is 2.12. The zero-order valence-corrected chi connectivity index (χ0v) is 9.49. The summed E-state index contributed by atoms with van der Waals surface area (Å²) < 4.78 is 10.2. The lowest BCUT2D eigenvalue weighted by molar-refractivity contribution is -0.140. The highest BCUT2D eigenvalue weighted by Gasteiger charge is 2.11. The molecular formula is C13H16O3. The average molecular weight is 220 g/mol. The summed E-state index contributed by atoms with van der Waals surface area (Å²) >= 11 is 0. The molecule has 0 fully saturated rings. The van der Waals surface area contributed by atoms with Crippen molar-refractivity contribution in [3.05, 3.63) is 29.3 Å². The van der Waals surface area contributed by atoms with Crippen LogP contribution in [0.15, 0.2) is 18.2 Å². The van der Waals surface area contributed by atoms with Gasteiger partial charge in [-0.15, -0.1) is 0 Å². The van der Waals surface area contributed by atoms with Crippen LogP contribution in [0.5, 0.6) is 5.75 Å². The van der Waals surface area contributed by atoms with E-state index in [0.29, 0.717) is 6.42 Å². The Balaban J connectivity index is 2.03. The van der Waals surface area contributed by atoms with Crippen LogP contribution in [-0.4, -0.2) is 19.7 Å². The second-order valence-electron chi connectivity index (χ2n) is 3.97. The second-order valence-corrected chi connectivity index (χ2v) is 3.97. The molecule has 0 amide bonds. The first-order valence-electron chi connectivity index (χ1n) is 5.61. The smallest absolute Gasteiger partial charge is 0.305 e. The van der Waals surface area contributed by atoms with Gasteiger partial charge in [0.25, 0.3) is 0 Å². The minimum absolute atomic E-state index is 0.158. The zero-order valence-electron chi connectivity index (χ0n) is 9.49. The molecule has 1 aliphatic rings. The van der Waals surface area contributed by atoms with Gasteiger partial charge in [-0.25, -0.2) is 0 Å². The molecule has 0 atom stereocenters. The molecule has 3 heteroatoms. The van der Waals surface area contributed by atoms with E-state index in [1.54, 1.807) is 0 Å². The van der Waals surface area contributed by atoms with Crippen molar-refractivity contribution >= 4 is 5.97 Å².